The fourth-order valence-corrected chi connectivity index (χ4v) is 4.34. The highest BCUT2D eigenvalue weighted by molar-refractivity contribution is 7.89. The summed E-state index contributed by atoms with van der Waals surface area (Å²) in [7, 11) is -3.12. The van der Waals surface area contributed by atoms with Crippen LogP contribution in [-0.4, -0.2) is 44.2 Å². The van der Waals surface area contributed by atoms with Crippen molar-refractivity contribution in [3.63, 3.8) is 0 Å². The van der Waals surface area contributed by atoms with Gasteiger partial charge in [0.25, 0.3) is 0 Å². The molecule has 1 unspecified atom stereocenters. The maximum atomic E-state index is 12.6. The first-order chi connectivity index (χ1) is 9.24. The Bertz CT molecular complexity index is 368. The van der Waals surface area contributed by atoms with Crippen LogP contribution < -0.4 is 5.32 Å². The van der Waals surface area contributed by atoms with Crippen LogP contribution >= 0.6 is 0 Å². The summed E-state index contributed by atoms with van der Waals surface area (Å²) in [5, 5.41) is 3.40. The van der Waals surface area contributed by atoms with Crippen LogP contribution in [0.5, 0.6) is 0 Å². The molecule has 0 spiro atoms. The minimum atomic E-state index is -3.12. The number of sulfonamides is 1. The molecular weight excluding hydrogens is 272 g/mol. The van der Waals surface area contributed by atoms with E-state index in [1.165, 1.54) is 0 Å². The standard InChI is InChI=1S/C15H32N2O2S/c1-5-6-11-17(13-14-8-7-10-16-14)20(18,19)12-9-15(2,3)4/h14,16H,5-13H2,1-4H3. The molecule has 1 N–H and O–H groups in total. The van der Waals surface area contributed by atoms with E-state index in [9.17, 15) is 8.42 Å². The summed E-state index contributed by atoms with van der Waals surface area (Å²) in [6, 6.07) is 0.344. The van der Waals surface area contributed by atoms with Gasteiger partial charge in [-0.2, -0.15) is 0 Å². The van der Waals surface area contributed by atoms with E-state index in [0.717, 1.165) is 38.6 Å². The molecular formula is C15H32N2O2S. The van der Waals surface area contributed by atoms with Gasteiger partial charge in [-0.15, -0.1) is 0 Å². The highest BCUT2D eigenvalue weighted by Gasteiger charge is 2.27. The van der Waals surface area contributed by atoms with Gasteiger partial charge in [0.2, 0.25) is 10.0 Å². The highest BCUT2D eigenvalue weighted by Crippen LogP contribution is 2.21. The van der Waals surface area contributed by atoms with Crippen molar-refractivity contribution in [2.45, 2.75) is 65.8 Å². The summed E-state index contributed by atoms with van der Waals surface area (Å²) in [6.45, 7) is 10.7. The highest BCUT2D eigenvalue weighted by atomic mass is 32.2. The summed E-state index contributed by atoms with van der Waals surface area (Å²) in [5.41, 5.74) is 0.0646. The zero-order valence-corrected chi connectivity index (χ0v) is 14.4. The molecule has 0 aromatic rings. The van der Waals surface area contributed by atoms with Gasteiger partial charge in [-0.05, 0) is 37.6 Å². The predicted octanol–water partition coefficient (Wildman–Crippen LogP) is 2.61. The Hall–Kier alpha value is -0.130. The average Bonchev–Trinajstić information content (AvgIpc) is 2.84. The molecule has 1 fully saturated rings. The molecule has 0 aliphatic carbocycles. The number of hydrogen-bond acceptors (Lipinski definition) is 3. The van der Waals surface area contributed by atoms with E-state index in [0.29, 0.717) is 19.1 Å². The maximum absolute atomic E-state index is 12.6. The third-order valence-corrected chi connectivity index (χ3v) is 5.69. The molecule has 120 valence electrons. The van der Waals surface area contributed by atoms with Gasteiger partial charge in [0, 0.05) is 19.1 Å². The Balaban J connectivity index is 2.63. The van der Waals surface area contributed by atoms with Gasteiger partial charge in [0.15, 0.2) is 0 Å². The molecule has 1 rings (SSSR count). The van der Waals surface area contributed by atoms with Crippen molar-refractivity contribution >= 4 is 10.0 Å². The van der Waals surface area contributed by atoms with Gasteiger partial charge in [0.05, 0.1) is 5.75 Å². The van der Waals surface area contributed by atoms with E-state index in [-0.39, 0.29) is 11.2 Å². The number of hydrogen-bond donors (Lipinski definition) is 1. The first-order valence-electron chi connectivity index (χ1n) is 7.96. The minimum Gasteiger partial charge on any atom is -0.313 e. The van der Waals surface area contributed by atoms with Gasteiger partial charge >= 0.3 is 0 Å². The third-order valence-electron chi connectivity index (χ3n) is 3.85. The molecule has 0 aromatic carbocycles. The largest absolute Gasteiger partial charge is 0.313 e. The van der Waals surface area contributed by atoms with E-state index >= 15 is 0 Å². The molecule has 0 radical (unpaired) electrons. The Morgan fingerprint density at radius 1 is 1.30 bits per heavy atom. The Labute approximate surface area is 125 Å². The molecule has 4 nitrogen and oxygen atoms in total. The number of nitrogens with one attached hydrogen (secondary N) is 1. The fraction of sp³-hybridized carbons (Fsp3) is 1.00. The summed E-state index contributed by atoms with van der Waals surface area (Å²) in [6.07, 6.45) is 4.95. The minimum absolute atomic E-state index is 0.0646. The van der Waals surface area contributed by atoms with Crippen LogP contribution in [0.2, 0.25) is 0 Å². The molecule has 1 heterocycles. The normalized spacial score (nSPS) is 20.8. The lowest BCUT2D eigenvalue weighted by Gasteiger charge is -2.27. The van der Waals surface area contributed by atoms with Crippen molar-refractivity contribution in [2.75, 3.05) is 25.4 Å². The number of unbranched alkanes of at least 4 members (excludes halogenated alkanes) is 1. The lowest BCUT2D eigenvalue weighted by atomic mass is 9.94. The zero-order valence-electron chi connectivity index (χ0n) is 13.6. The SMILES string of the molecule is CCCCN(CC1CCCN1)S(=O)(=O)CCC(C)(C)C. The summed E-state index contributed by atoms with van der Waals surface area (Å²) >= 11 is 0. The van der Waals surface area contributed by atoms with Crippen LogP contribution in [-0.2, 0) is 10.0 Å². The lowest BCUT2D eigenvalue weighted by Crippen LogP contribution is -2.43. The average molecular weight is 305 g/mol. The Morgan fingerprint density at radius 2 is 2.00 bits per heavy atom. The van der Waals surface area contributed by atoms with E-state index < -0.39 is 10.0 Å². The van der Waals surface area contributed by atoms with E-state index in [1.54, 1.807) is 4.31 Å². The van der Waals surface area contributed by atoms with Crippen molar-refractivity contribution in [2.24, 2.45) is 5.41 Å². The van der Waals surface area contributed by atoms with Gasteiger partial charge in [-0.25, -0.2) is 12.7 Å². The van der Waals surface area contributed by atoms with Crippen molar-refractivity contribution in [3.8, 4) is 0 Å². The van der Waals surface area contributed by atoms with Crippen molar-refractivity contribution in [1.29, 1.82) is 0 Å². The van der Waals surface area contributed by atoms with Crippen molar-refractivity contribution < 1.29 is 8.42 Å². The van der Waals surface area contributed by atoms with Gasteiger partial charge in [0.1, 0.15) is 0 Å². The summed E-state index contributed by atoms with van der Waals surface area (Å²) in [4.78, 5) is 0. The molecule has 20 heavy (non-hydrogen) atoms. The lowest BCUT2D eigenvalue weighted by molar-refractivity contribution is 0.352. The molecule has 0 amide bonds. The second-order valence-corrected chi connectivity index (χ2v) is 9.22. The molecule has 5 heteroatoms. The first-order valence-corrected chi connectivity index (χ1v) is 9.57. The van der Waals surface area contributed by atoms with Crippen LogP contribution in [0.15, 0.2) is 0 Å². The second-order valence-electron chi connectivity index (χ2n) is 7.13. The van der Waals surface area contributed by atoms with E-state index in [4.69, 9.17) is 0 Å². The van der Waals surface area contributed by atoms with Crippen LogP contribution in [0.4, 0.5) is 0 Å². The monoisotopic (exact) mass is 304 g/mol. The Morgan fingerprint density at radius 3 is 2.50 bits per heavy atom. The molecule has 0 saturated carbocycles. The molecule has 1 saturated heterocycles. The first kappa shape index (κ1) is 17.9. The van der Waals surface area contributed by atoms with Crippen LogP contribution in [0, 0.1) is 5.41 Å². The Kier molecular flexibility index (Phi) is 6.95. The van der Waals surface area contributed by atoms with Crippen LogP contribution in [0.1, 0.15) is 59.8 Å². The van der Waals surface area contributed by atoms with E-state index in [1.807, 2.05) is 0 Å². The quantitative estimate of drug-likeness (QED) is 0.750. The molecule has 1 aliphatic rings. The van der Waals surface area contributed by atoms with E-state index in [2.05, 4.69) is 33.0 Å². The van der Waals surface area contributed by atoms with Crippen LogP contribution in [0.3, 0.4) is 0 Å². The van der Waals surface area contributed by atoms with Crippen molar-refractivity contribution in [3.05, 3.63) is 0 Å². The molecule has 1 aliphatic heterocycles. The fourth-order valence-electron chi connectivity index (χ4n) is 2.40. The number of rotatable bonds is 8. The van der Waals surface area contributed by atoms with Gasteiger partial charge in [-0.3, -0.25) is 0 Å². The smallest absolute Gasteiger partial charge is 0.214 e. The van der Waals surface area contributed by atoms with Crippen molar-refractivity contribution in [1.82, 2.24) is 9.62 Å². The number of nitrogens with zero attached hydrogens (tertiary/aromatic N) is 1. The van der Waals surface area contributed by atoms with Gasteiger partial charge in [-0.1, -0.05) is 34.1 Å². The third kappa shape index (κ3) is 6.55. The van der Waals surface area contributed by atoms with Crippen LogP contribution in [0.25, 0.3) is 0 Å². The molecule has 0 aromatic heterocycles. The molecule has 1 atom stereocenters. The topological polar surface area (TPSA) is 49.4 Å². The maximum Gasteiger partial charge on any atom is 0.214 e. The molecule has 0 bridgehead atoms. The zero-order chi connectivity index (χ0) is 15.2. The predicted molar refractivity (Wildman–Crippen MR) is 85.4 cm³/mol. The van der Waals surface area contributed by atoms with Gasteiger partial charge < -0.3 is 5.32 Å². The summed E-state index contributed by atoms with van der Waals surface area (Å²) < 4.78 is 26.9. The second kappa shape index (κ2) is 7.76. The summed E-state index contributed by atoms with van der Waals surface area (Å²) in [5.74, 6) is 0.271.